The van der Waals surface area contributed by atoms with Crippen LogP contribution in [0.25, 0.3) is 0 Å². The summed E-state index contributed by atoms with van der Waals surface area (Å²) < 4.78 is 28.8. The Morgan fingerprint density at radius 2 is 0.636 bits per heavy atom. The van der Waals surface area contributed by atoms with Gasteiger partial charge in [0.1, 0.15) is 14.3 Å². The molecule has 4 aromatic carbocycles. The van der Waals surface area contributed by atoms with E-state index in [1.807, 2.05) is 121 Å². The molecule has 2 nitrogen and oxygen atoms in total. The Balaban J connectivity index is 0.000000968. The molecule has 4 aromatic rings. The van der Waals surface area contributed by atoms with Gasteiger partial charge < -0.3 is 9.13 Å². The number of halogens is 2. The van der Waals surface area contributed by atoms with E-state index in [0.29, 0.717) is 12.3 Å². The average molecular weight is 608 g/mol. The average Bonchev–Trinajstić information content (AvgIpc) is 2.89. The summed E-state index contributed by atoms with van der Waals surface area (Å²) in [6.45, 7) is 0. The zero-order valence-corrected chi connectivity index (χ0v) is 22.6. The maximum absolute atomic E-state index is 14.4. The molecule has 0 unspecified atom stereocenters. The van der Waals surface area contributed by atoms with Crippen molar-refractivity contribution < 1.29 is 25.1 Å². The van der Waals surface area contributed by atoms with Gasteiger partial charge in [-0.1, -0.05) is 121 Å². The van der Waals surface area contributed by atoms with Gasteiger partial charge in [-0.2, -0.15) is 0 Å². The zero-order chi connectivity index (χ0) is 23.6. The van der Waals surface area contributed by atoms with Crippen LogP contribution in [0, 0.1) is 0 Å². The molecule has 0 saturated carbocycles. The van der Waals surface area contributed by atoms with Crippen molar-refractivity contribution in [2.75, 3.05) is 12.3 Å². The van der Waals surface area contributed by atoms with E-state index in [9.17, 15) is 9.13 Å². The van der Waals surface area contributed by atoms with E-state index in [2.05, 4.69) is 0 Å². The van der Waals surface area contributed by atoms with Crippen LogP contribution in [0.5, 0.6) is 0 Å². The van der Waals surface area contributed by atoms with Crippen molar-refractivity contribution in [3.63, 3.8) is 0 Å². The summed E-state index contributed by atoms with van der Waals surface area (Å²) >= 11 is -0.106. The predicted molar refractivity (Wildman–Crippen MR) is 141 cm³/mol. The van der Waals surface area contributed by atoms with Gasteiger partial charge in [0.2, 0.25) is 0 Å². The van der Waals surface area contributed by atoms with Gasteiger partial charge in [0.05, 0.1) is 0 Å². The van der Waals surface area contributed by atoms with Gasteiger partial charge in [-0.3, -0.25) is 0 Å². The van der Waals surface area contributed by atoms with E-state index >= 15 is 0 Å². The minimum atomic E-state index is -2.93. The van der Waals surface area contributed by atoms with E-state index in [-0.39, 0.29) is 15.9 Å². The first-order chi connectivity index (χ1) is 16.0. The van der Waals surface area contributed by atoms with Crippen LogP contribution < -0.4 is 21.2 Å². The van der Waals surface area contributed by atoms with E-state index in [0.717, 1.165) is 21.2 Å². The van der Waals surface area contributed by atoms with Crippen LogP contribution in [0.1, 0.15) is 0 Å². The SMILES string of the molecule is O=P(CCP(=O)(c1ccccc1)c1ccccc1)(c1ccccc1)c1ccccc1.[Cl][Pd][Cl]. The summed E-state index contributed by atoms with van der Waals surface area (Å²) in [5.74, 6) is 0. The van der Waals surface area contributed by atoms with E-state index in [1.165, 1.54) is 0 Å². The molecule has 0 saturated heterocycles. The maximum atomic E-state index is 14.4. The van der Waals surface area contributed by atoms with Crippen molar-refractivity contribution in [3.8, 4) is 0 Å². The van der Waals surface area contributed by atoms with Gasteiger partial charge in [-0.05, 0) is 0 Å². The molecule has 0 bridgehead atoms. The monoisotopic (exact) mass is 606 g/mol. The molecular formula is C26H24Cl2O2P2Pd. The van der Waals surface area contributed by atoms with Crippen LogP contribution in [0.15, 0.2) is 121 Å². The van der Waals surface area contributed by atoms with Crippen LogP contribution >= 0.6 is 33.3 Å². The Kier molecular flexibility index (Phi) is 10.2. The molecular weight excluding hydrogens is 584 g/mol. The quantitative estimate of drug-likeness (QED) is 0.180. The standard InChI is InChI=1S/C26H24O2P2.2ClH.Pd/c27-29(23-13-5-1-6-14-23,24-15-7-2-8-16-24)21-22-30(28,25-17-9-3-10-18-25)26-19-11-4-12-20-26;;;/h1-20H,21-22H2;2*1H;/q;;;+2/p-2. The Morgan fingerprint density at radius 1 is 0.455 bits per heavy atom. The molecule has 0 fully saturated rings. The van der Waals surface area contributed by atoms with Gasteiger partial charge in [0, 0.05) is 33.5 Å². The summed E-state index contributed by atoms with van der Waals surface area (Å²) in [4.78, 5) is 0. The van der Waals surface area contributed by atoms with Gasteiger partial charge in [-0.25, -0.2) is 0 Å². The fraction of sp³-hybridized carbons (Fsp3) is 0.0769. The molecule has 174 valence electrons. The second kappa shape index (κ2) is 12.9. The molecule has 0 aliphatic heterocycles. The Hall–Kier alpha value is -1.42. The fourth-order valence-electron chi connectivity index (χ4n) is 3.77. The van der Waals surface area contributed by atoms with Crippen molar-refractivity contribution in [2.45, 2.75) is 0 Å². The summed E-state index contributed by atoms with van der Waals surface area (Å²) in [6.07, 6.45) is 0.699. The van der Waals surface area contributed by atoms with Crippen LogP contribution in [-0.2, 0) is 25.1 Å². The van der Waals surface area contributed by atoms with E-state index in [1.54, 1.807) is 0 Å². The van der Waals surface area contributed by atoms with Gasteiger partial charge in [-0.15, -0.1) is 0 Å². The molecule has 0 aliphatic carbocycles. The molecule has 0 N–H and O–H groups in total. The molecule has 0 spiro atoms. The van der Waals surface area contributed by atoms with Crippen LogP contribution in [0.3, 0.4) is 0 Å². The van der Waals surface area contributed by atoms with Crippen molar-refractivity contribution in [3.05, 3.63) is 121 Å². The number of hydrogen-bond donors (Lipinski definition) is 0. The van der Waals surface area contributed by atoms with Crippen molar-refractivity contribution >= 4 is 54.6 Å². The molecule has 0 aliphatic rings. The Bertz CT molecular complexity index is 1020. The summed E-state index contributed by atoms with van der Waals surface area (Å²) in [6, 6.07) is 38.4. The normalized spacial score (nSPS) is 11.5. The zero-order valence-electron chi connectivity index (χ0n) is 17.7. The van der Waals surface area contributed by atoms with E-state index in [4.69, 9.17) is 19.1 Å². The molecule has 0 amide bonds. The second-order valence-corrected chi connectivity index (χ2v) is 15.6. The van der Waals surface area contributed by atoms with Crippen LogP contribution in [0.4, 0.5) is 0 Å². The van der Waals surface area contributed by atoms with Gasteiger partial charge >= 0.3 is 35.0 Å². The third kappa shape index (κ3) is 6.59. The van der Waals surface area contributed by atoms with Crippen molar-refractivity contribution in [2.24, 2.45) is 0 Å². The summed E-state index contributed by atoms with van der Waals surface area (Å²) in [5.41, 5.74) is 0. The number of hydrogen-bond acceptors (Lipinski definition) is 2. The summed E-state index contributed by atoms with van der Waals surface area (Å²) in [5, 5.41) is 3.24. The first kappa shape index (κ1) is 26.2. The first-order valence-corrected chi connectivity index (χ1v) is 18.1. The molecule has 0 radical (unpaired) electrons. The van der Waals surface area contributed by atoms with E-state index < -0.39 is 14.3 Å². The number of rotatable bonds is 7. The van der Waals surface area contributed by atoms with Gasteiger partial charge in [0.15, 0.2) is 0 Å². The molecule has 0 aromatic heterocycles. The summed E-state index contributed by atoms with van der Waals surface area (Å²) in [7, 11) is 3.76. The van der Waals surface area contributed by atoms with Crippen molar-refractivity contribution in [1.29, 1.82) is 0 Å². The molecule has 4 rings (SSSR count). The molecule has 0 atom stereocenters. The number of benzene rings is 4. The molecule has 0 heterocycles. The third-order valence-corrected chi connectivity index (χ3v) is 12.0. The Morgan fingerprint density at radius 3 is 0.818 bits per heavy atom. The first-order valence-electron chi connectivity index (χ1n) is 10.3. The molecule has 7 heteroatoms. The Labute approximate surface area is 212 Å². The predicted octanol–water partition coefficient (Wildman–Crippen LogP) is 6.39. The minimum absolute atomic E-state index is 0.106. The van der Waals surface area contributed by atoms with Crippen molar-refractivity contribution in [1.82, 2.24) is 0 Å². The molecule has 33 heavy (non-hydrogen) atoms. The van der Waals surface area contributed by atoms with Crippen LogP contribution in [0.2, 0.25) is 0 Å². The van der Waals surface area contributed by atoms with Crippen LogP contribution in [-0.4, -0.2) is 12.3 Å². The fourth-order valence-corrected chi connectivity index (χ4v) is 10.3. The van der Waals surface area contributed by atoms with Gasteiger partial charge in [0.25, 0.3) is 0 Å². The third-order valence-electron chi connectivity index (χ3n) is 5.42. The second-order valence-electron chi connectivity index (χ2n) is 7.31. The topological polar surface area (TPSA) is 34.1 Å².